The Morgan fingerprint density at radius 2 is 2.14 bits per heavy atom. The Balaban J connectivity index is 2.64. The molecule has 0 aliphatic rings. The van der Waals surface area contributed by atoms with Crippen LogP contribution in [0.15, 0.2) is 24.3 Å². The summed E-state index contributed by atoms with van der Waals surface area (Å²) in [7, 11) is 0. The van der Waals surface area contributed by atoms with Gasteiger partial charge in [0.1, 0.15) is 0 Å². The van der Waals surface area contributed by atoms with Crippen LogP contribution in [0.3, 0.4) is 0 Å². The van der Waals surface area contributed by atoms with Gasteiger partial charge >= 0.3 is 0 Å². The molecule has 2 heteroatoms. The first-order valence-corrected chi connectivity index (χ1v) is 6.22. The average Bonchev–Trinajstić information content (AvgIpc) is 2.17. The molecule has 2 unspecified atom stereocenters. The molecule has 2 N–H and O–H groups in total. The van der Waals surface area contributed by atoms with E-state index in [2.05, 4.69) is 60.7 Å². The molecule has 1 rings (SSSR count). The molecule has 0 amide bonds. The molecule has 0 radical (unpaired) electrons. The highest BCUT2D eigenvalue weighted by atomic mass is 127. The summed E-state index contributed by atoms with van der Waals surface area (Å²) in [6.07, 6.45) is 2.29. The quantitative estimate of drug-likeness (QED) is 0.843. The molecule has 78 valence electrons. The van der Waals surface area contributed by atoms with Crippen molar-refractivity contribution in [3.05, 3.63) is 33.4 Å². The van der Waals surface area contributed by atoms with Crippen molar-refractivity contribution in [3.63, 3.8) is 0 Å². The van der Waals surface area contributed by atoms with E-state index in [1.165, 1.54) is 15.6 Å². The summed E-state index contributed by atoms with van der Waals surface area (Å²) >= 11 is 2.33. The van der Waals surface area contributed by atoms with Crippen molar-refractivity contribution in [3.8, 4) is 0 Å². The first kappa shape index (κ1) is 12.0. The molecule has 0 saturated heterocycles. The molecule has 2 atom stereocenters. The molecule has 1 aromatic carbocycles. The molecular formula is C12H18IN. The van der Waals surface area contributed by atoms with Gasteiger partial charge in [-0.3, -0.25) is 0 Å². The lowest BCUT2D eigenvalue weighted by atomic mass is 9.95. The van der Waals surface area contributed by atoms with E-state index in [-0.39, 0.29) is 6.04 Å². The normalized spacial score (nSPS) is 15.1. The fourth-order valence-corrected chi connectivity index (χ4v) is 2.04. The van der Waals surface area contributed by atoms with Crippen LogP contribution >= 0.6 is 22.6 Å². The standard InChI is InChI=1S/C12H18IN/c1-3-9(2)7-12(14)10-5-4-6-11(13)8-10/h4-6,8-9,12H,3,7,14H2,1-2H3. The third-order valence-electron chi connectivity index (χ3n) is 2.63. The fourth-order valence-electron chi connectivity index (χ4n) is 1.47. The Labute approximate surface area is 100 Å². The lowest BCUT2D eigenvalue weighted by Crippen LogP contribution is -2.13. The number of benzene rings is 1. The zero-order valence-electron chi connectivity index (χ0n) is 8.83. The zero-order valence-corrected chi connectivity index (χ0v) is 11.0. The van der Waals surface area contributed by atoms with E-state index in [0.29, 0.717) is 5.92 Å². The topological polar surface area (TPSA) is 26.0 Å². The second-order valence-electron chi connectivity index (χ2n) is 3.91. The van der Waals surface area contributed by atoms with E-state index in [9.17, 15) is 0 Å². The molecule has 1 aromatic rings. The summed E-state index contributed by atoms with van der Waals surface area (Å²) in [5.41, 5.74) is 7.40. The van der Waals surface area contributed by atoms with Gasteiger partial charge in [0, 0.05) is 9.61 Å². The second-order valence-corrected chi connectivity index (χ2v) is 5.16. The summed E-state index contributed by atoms with van der Waals surface area (Å²) in [6.45, 7) is 4.47. The van der Waals surface area contributed by atoms with Crippen molar-refractivity contribution in [1.29, 1.82) is 0 Å². The molecule has 0 saturated carbocycles. The van der Waals surface area contributed by atoms with Crippen LogP contribution in [-0.4, -0.2) is 0 Å². The SMILES string of the molecule is CCC(C)CC(N)c1cccc(I)c1. The average molecular weight is 303 g/mol. The van der Waals surface area contributed by atoms with Gasteiger partial charge in [0.05, 0.1) is 0 Å². The van der Waals surface area contributed by atoms with E-state index in [1.54, 1.807) is 0 Å². The Morgan fingerprint density at radius 1 is 1.43 bits per heavy atom. The predicted molar refractivity (Wildman–Crippen MR) is 70.2 cm³/mol. The largest absolute Gasteiger partial charge is 0.324 e. The number of nitrogens with two attached hydrogens (primary N) is 1. The van der Waals surface area contributed by atoms with Gasteiger partial charge in [0.25, 0.3) is 0 Å². The Morgan fingerprint density at radius 3 is 2.71 bits per heavy atom. The Kier molecular flexibility index (Phi) is 4.89. The first-order valence-electron chi connectivity index (χ1n) is 5.14. The van der Waals surface area contributed by atoms with Gasteiger partial charge in [-0.1, -0.05) is 32.4 Å². The van der Waals surface area contributed by atoms with Gasteiger partial charge in [-0.15, -0.1) is 0 Å². The minimum atomic E-state index is 0.194. The second kappa shape index (κ2) is 5.71. The van der Waals surface area contributed by atoms with E-state index < -0.39 is 0 Å². The lowest BCUT2D eigenvalue weighted by Gasteiger charge is -2.16. The third kappa shape index (κ3) is 3.58. The van der Waals surface area contributed by atoms with Crippen molar-refractivity contribution in [2.24, 2.45) is 11.7 Å². The molecule has 0 bridgehead atoms. The Hall–Kier alpha value is -0.0900. The monoisotopic (exact) mass is 303 g/mol. The maximum Gasteiger partial charge on any atom is 0.0297 e. The summed E-state index contributed by atoms with van der Waals surface area (Å²) in [5.74, 6) is 0.711. The minimum Gasteiger partial charge on any atom is -0.324 e. The van der Waals surface area contributed by atoms with Crippen LogP contribution in [0.25, 0.3) is 0 Å². The van der Waals surface area contributed by atoms with Crippen molar-refractivity contribution in [2.45, 2.75) is 32.7 Å². The van der Waals surface area contributed by atoms with Crippen LogP contribution in [0, 0.1) is 9.49 Å². The third-order valence-corrected chi connectivity index (χ3v) is 3.30. The number of hydrogen-bond acceptors (Lipinski definition) is 1. The molecule has 1 nitrogen and oxygen atoms in total. The minimum absolute atomic E-state index is 0.194. The van der Waals surface area contributed by atoms with Crippen molar-refractivity contribution < 1.29 is 0 Å². The molecule has 0 aliphatic heterocycles. The summed E-state index contributed by atoms with van der Waals surface area (Å²) in [4.78, 5) is 0. The van der Waals surface area contributed by atoms with Crippen molar-refractivity contribution >= 4 is 22.6 Å². The van der Waals surface area contributed by atoms with E-state index in [4.69, 9.17) is 5.73 Å². The highest BCUT2D eigenvalue weighted by Crippen LogP contribution is 2.21. The molecule has 0 aromatic heterocycles. The molecule has 0 heterocycles. The smallest absolute Gasteiger partial charge is 0.0297 e. The lowest BCUT2D eigenvalue weighted by molar-refractivity contribution is 0.461. The molecule has 0 fully saturated rings. The molecular weight excluding hydrogens is 285 g/mol. The summed E-state index contributed by atoms with van der Waals surface area (Å²) in [6, 6.07) is 8.66. The van der Waals surface area contributed by atoms with Crippen LogP contribution in [0.2, 0.25) is 0 Å². The maximum atomic E-state index is 6.14. The van der Waals surface area contributed by atoms with Crippen LogP contribution in [0.4, 0.5) is 0 Å². The van der Waals surface area contributed by atoms with Crippen LogP contribution in [-0.2, 0) is 0 Å². The molecule has 0 aliphatic carbocycles. The summed E-state index contributed by atoms with van der Waals surface area (Å²) < 4.78 is 1.26. The molecule has 0 spiro atoms. The number of halogens is 1. The van der Waals surface area contributed by atoms with Crippen molar-refractivity contribution in [1.82, 2.24) is 0 Å². The van der Waals surface area contributed by atoms with Gasteiger partial charge in [-0.25, -0.2) is 0 Å². The predicted octanol–water partition coefficient (Wildman–Crippen LogP) is 3.73. The zero-order chi connectivity index (χ0) is 10.6. The van der Waals surface area contributed by atoms with Gasteiger partial charge < -0.3 is 5.73 Å². The van der Waals surface area contributed by atoms with Crippen LogP contribution in [0.5, 0.6) is 0 Å². The van der Waals surface area contributed by atoms with E-state index >= 15 is 0 Å². The van der Waals surface area contributed by atoms with Gasteiger partial charge in [0.15, 0.2) is 0 Å². The van der Waals surface area contributed by atoms with Crippen LogP contribution < -0.4 is 5.73 Å². The summed E-state index contributed by atoms with van der Waals surface area (Å²) in [5, 5.41) is 0. The van der Waals surface area contributed by atoms with E-state index in [0.717, 1.165) is 6.42 Å². The van der Waals surface area contributed by atoms with Gasteiger partial charge in [-0.05, 0) is 52.6 Å². The number of rotatable bonds is 4. The number of hydrogen-bond donors (Lipinski definition) is 1. The van der Waals surface area contributed by atoms with E-state index in [1.807, 2.05) is 0 Å². The highest BCUT2D eigenvalue weighted by Gasteiger charge is 2.09. The van der Waals surface area contributed by atoms with Gasteiger partial charge in [-0.2, -0.15) is 0 Å². The fraction of sp³-hybridized carbons (Fsp3) is 0.500. The molecule has 14 heavy (non-hydrogen) atoms. The first-order chi connectivity index (χ1) is 6.63. The van der Waals surface area contributed by atoms with Crippen LogP contribution in [0.1, 0.15) is 38.3 Å². The highest BCUT2D eigenvalue weighted by molar-refractivity contribution is 14.1. The van der Waals surface area contributed by atoms with Crippen molar-refractivity contribution in [2.75, 3.05) is 0 Å². The van der Waals surface area contributed by atoms with Gasteiger partial charge in [0.2, 0.25) is 0 Å². The maximum absolute atomic E-state index is 6.14. The Bertz CT molecular complexity index is 285.